The highest BCUT2D eigenvalue weighted by molar-refractivity contribution is 8.15. The number of aromatic hydroxyl groups is 2. The van der Waals surface area contributed by atoms with E-state index in [-0.39, 0.29) is 71.7 Å². The molecule has 2 amide bonds. The van der Waals surface area contributed by atoms with E-state index in [0.29, 0.717) is 16.8 Å². The van der Waals surface area contributed by atoms with Crippen LogP contribution in [0.2, 0.25) is 0 Å². The van der Waals surface area contributed by atoms with E-state index in [1.807, 2.05) is 0 Å². The van der Waals surface area contributed by atoms with Gasteiger partial charge in [0.2, 0.25) is 11.8 Å². The Bertz CT molecular complexity index is 905. The highest BCUT2D eigenvalue weighted by Crippen LogP contribution is 2.19. The van der Waals surface area contributed by atoms with Crippen molar-refractivity contribution in [2.24, 2.45) is 0 Å². The van der Waals surface area contributed by atoms with E-state index in [2.05, 4.69) is 10.6 Å². The molecule has 0 spiro atoms. The highest BCUT2D eigenvalue weighted by atomic mass is 32.2. The van der Waals surface area contributed by atoms with Crippen molar-refractivity contribution in [2.75, 3.05) is 16.8 Å². The van der Waals surface area contributed by atoms with Crippen molar-refractivity contribution in [2.45, 2.75) is 25.7 Å². The van der Waals surface area contributed by atoms with E-state index in [1.165, 1.54) is 47.8 Å². The number of hydrogen-bond donors (Lipinski definition) is 4. The molecule has 4 N–H and O–H groups in total. The summed E-state index contributed by atoms with van der Waals surface area (Å²) < 4.78 is 0. The Morgan fingerprint density at radius 3 is 1.42 bits per heavy atom. The Labute approximate surface area is 200 Å². The third-order valence-corrected chi connectivity index (χ3v) is 6.51. The van der Waals surface area contributed by atoms with Gasteiger partial charge in [0, 0.05) is 30.8 Å². The van der Waals surface area contributed by atoms with Gasteiger partial charge in [-0.15, -0.1) is 23.5 Å². The molecule has 10 heteroatoms. The molecule has 0 saturated heterocycles. The molecular weight excluding hydrogens is 464 g/mol. The minimum absolute atomic E-state index is 0.0151. The molecule has 0 aromatic heterocycles. The lowest BCUT2D eigenvalue weighted by atomic mass is 10.1. The molecule has 2 aromatic rings. The van der Waals surface area contributed by atoms with Crippen LogP contribution in [0.5, 0.6) is 11.5 Å². The third kappa shape index (κ3) is 9.58. The van der Waals surface area contributed by atoms with Crippen LogP contribution in [0.4, 0.5) is 0 Å². The molecule has 176 valence electrons. The molecule has 0 radical (unpaired) electrons. The maximum atomic E-state index is 12.0. The molecule has 2 rings (SSSR count). The van der Waals surface area contributed by atoms with Gasteiger partial charge in [0.15, 0.2) is 11.6 Å². The number of phenols is 2. The van der Waals surface area contributed by atoms with Crippen molar-refractivity contribution in [1.29, 1.82) is 0 Å². The first-order chi connectivity index (χ1) is 15.9. The van der Waals surface area contributed by atoms with Gasteiger partial charge in [0.1, 0.15) is 11.5 Å². The molecule has 0 unspecified atom stereocenters. The molecule has 0 aliphatic rings. The van der Waals surface area contributed by atoms with Crippen LogP contribution in [-0.4, -0.2) is 50.4 Å². The Morgan fingerprint density at radius 1 is 0.636 bits per heavy atom. The van der Waals surface area contributed by atoms with Crippen LogP contribution in [0, 0.1) is 0 Å². The minimum atomic E-state index is -0.288. The Morgan fingerprint density at radius 2 is 1.03 bits per heavy atom. The van der Waals surface area contributed by atoms with E-state index in [9.17, 15) is 29.4 Å². The van der Waals surface area contributed by atoms with E-state index < -0.39 is 0 Å². The summed E-state index contributed by atoms with van der Waals surface area (Å²) in [5.41, 5.74) is 0.418. The second kappa shape index (κ2) is 14.2. The van der Waals surface area contributed by atoms with Crippen LogP contribution in [0.25, 0.3) is 0 Å². The fourth-order valence-corrected chi connectivity index (χ4v) is 4.39. The average Bonchev–Trinajstić information content (AvgIpc) is 2.81. The van der Waals surface area contributed by atoms with Gasteiger partial charge < -0.3 is 20.8 Å². The number of carbonyl (C=O) groups is 4. The van der Waals surface area contributed by atoms with Crippen LogP contribution >= 0.6 is 23.5 Å². The van der Waals surface area contributed by atoms with Crippen molar-refractivity contribution < 1.29 is 29.4 Å². The lowest BCUT2D eigenvalue weighted by Gasteiger charge is -2.07. The fraction of sp³-hybridized carbons (Fsp3) is 0.304. The van der Waals surface area contributed by atoms with Crippen LogP contribution in [0.3, 0.4) is 0 Å². The number of ketones is 2. The summed E-state index contributed by atoms with van der Waals surface area (Å²) in [6.45, 7) is 0. The summed E-state index contributed by atoms with van der Waals surface area (Å²) in [6, 6.07) is 12.5. The summed E-state index contributed by atoms with van der Waals surface area (Å²) >= 11 is 2.91. The summed E-state index contributed by atoms with van der Waals surface area (Å²) in [5.74, 6) is -0.514. The summed E-state index contributed by atoms with van der Waals surface area (Å²) in [6.07, 6.45) is 0.106. The zero-order chi connectivity index (χ0) is 24.1. The first-order valence-corrected chi connectivity index (χ1v) is 12.5. The zero-order valence-electron chi connectivity index (χ0n) is 17.9. The lowest BCUT2D eigenvalue weighted by molar-refractivity contribution is -0.121. The molecule has 0 atom stereocenters. The smallest absolute Gasteiger partial charge is 0.221 e. The standard InChI is InChI=1S/C23H26N2O6S2/c26-18-7-3-1-5-16(18)20(28)9-11-22(30)24-13-32-15-33-14-25-23(31)12-10-21(29)17-6-2-4-8-19(17)27/h1-8,26-27H,9-15H2,(H,24,30)(H,25,31). The van der Waals surface area contributed by atoms with Gasteiger partial charge in [-0.05, 0) is 24.3 Å². The Balaban J connectivity index is 1.49. The van der Waals surface area contributed by atoms with Gasteiger partial charge in [0.05, 0.1) is 22.9 Å². The van der Waals surface area contributed by atoms with Crippen molar-refractivity contribution in [3.8, 4) is 11.5 Å². The maximum Gasteiger partial charge on any atom is 0.221 e. The van der Waals surface area contributed by atoms with E-state index in [1.54, 1.807) is 24.3 Å². The van der Waals surface area contributed by atoms with Gasteiger partial charge >= 0.3 is 0 Å². The molecule has 0 aliphatic carbocycles. The third-order valence-electron chi connectivity index (χ3n) is 4.48. The summed E-state index contributed by atoms with van der Waals surface area (Å²) in [5, 5.41) is 25.4. The van der Waals surface area contributed by atoms with Crippen molar-refractivity contribution in [3.05, 3.63) is 59.7 Å². The number of rotatable bonds is 14. The van der Waals surface area contributed by atoms with Crippen LogP contribution < -0.4 is 10.6 Å². The van der Waals surface area contributed by atoms with Crippen molar-refractivity contribution in [1.82, 2.24) is 10.6 Å². The van der Waals surface area contributed by atoms with Gasteiger partial charge in [-0.3, -0.25) is 19.2 Å². The van der Waals surface area contributed by atoms with Crippen LogP contribution in [0.1, 0.15) is 46.4 Å². The van der Waals surface area contributed by atoms with Gasteiger partial charge in [-0.25, -0.2) is 0 Å². The number of Topliss-reactive ketones (excluding diaryl/α,β-unsaturated/α-hetero) is 2. The molecule has 8 nitrogen and oxygen atoms in total. The molecule has 2 aromatic carbocycles. The predicted molar refractivity (Wildman–Crippen MR) is 129 cm³/mol. The predicted octanol–water partition coefficient (Wildman–Crippen LogP) is 3.30. The lowest BCUT2D eigenvalue weighted by Crippen LogP contribution is -2.24. The SMILES string of the molecule is O=C(CCC(=O)c1ccccc1O)NCSCSCNC(=O)CCC(=O)c1ccccc1O. The monoisotopic (exact) mass is 490 g/mol. The summed E-state index contributed by atoms with van der Waals surface area (Å²) in [4.78, 5) is 47.8. The Kier molecular flexibility index (Phi) is 11.3. The van der Waals surface area contributed by atoms with Crippen molar-refractivity contribution >= 4 is 46.9 Å². The zero-order valence-corrected chi connectivity index (χ0v) is 19.5. The molecule has 33 heavy (non-hydrogen) atoms. The number of carbonyl (C=O) groups excluding carboxylic acids is 4. The topological polar surface area (TPSA) is 133 Å². The van der Waals surface area contributed by atoms with Crippen molar-refractivity contribution in [3.63, 3.8) is 0 Å². The molecule has 0 heterocycles. The molecular formula is C23H26N2O6S2. The number of benzene rings is 2. The average molecular weight is 491 g/mol. The Hall–Kier alpha value is -2.98. The number of hydrogen-bond acceptors (Lipinski definition) is 8. The van der Waals surface area contributed by atoms with Gasteiger partial charge in [-0.1, -0.05) is 24.3 Å². The summed E-state index contributed by atoms with van der Waals surface area (Å²) in [7, 11) is 0. The first-order valence-electron chi connectivity index (χ1n) is 10.2. The quantitative estimate of drug-likeness (QED) is 0.180. The largest absolute Gasteiger partial charge is 0.507 e. The molecule has 0 saturated carbocycles. The van der Waals surface area contributed by atoms with E-state index >= 15 is 0 Å². The number of nitrogens with one attached hydrogen (secondary N) is 2. The van der Waals surface area contributed by atoms with Crippen LogP contribution in [0.15, 0.2) is 48.5 Å². The van der Waals surface area contributed by atoms with Gasteiger partial charge in [0.25, 0.3) is 0 Å². The van der Waals surface area contributed by atoms with E-state index in [4.69, 9.17) is 0 Å². The molecule has 0 aliphatic heterocycles. The van der Waals surface area contributed by atoms with E-state index in [0.717, 1.165) is 0 Å². The maximum absolute atomic E-state index is 12.0. The highest BCUT2D eigenvalue weighted by Gasteiger charge is 2.13. The first kappa shape index (κ1) is 26.3. The second-order valence-corrected chi connectivity index (χ2v) is 9.23. The number of amides is 2. The van der Waals surface area contributed by atoms with Gasteiger partial charge in [-0.2, -0.15) is 0 Å². The number of phenolic OH excluding ortho intramolecular Hbond substituents is 2. The number of para-hydroxylation sites is 2. The normalized spacial score (nSPS) is 10.4. The number of thioether (sulfide) groups is 2. The fourth-order valence-electron chi connectivity index (χ4n) is 2.72. The molecule has 0 fully saturated rings. The second-order valence-electron chi connectivity index (χ2n) is 6.90. The molecule has 0 bridgehead atoms. The van der Waals surface area contributed by atoms with Crippen LogP contribution in [-0.2, 0) is 9.59 Å². The minimum Gasteiger partial charge on any atom is -0.507 e.